The van der Waals surface area contributed by atoms with Crippen LogP contribution in [0.4, 0.5) is 10.6 Å². The van der Waals surface area contributed by atoms with Crippen LogP contribution in [0.2, 0.25) is 0 Å². The van der Waals surface area contributed by atoms with Crippen molar-refractivity contribution in [2.24, 2.45) is 17.8 Å². The van der Waals surface area contributed by atoms with Crippen LogP contribution in [0.5, 0.6) is 0 Å². The van der Waals surface area contributed by atoms with E-state index in [9.17, 15) is 14.7 Å². The Bertz CT molecular complexity index is 740. The molecule has 1 aromatic rings. The molecule has 0 spiro atoms. The molecular weight excluding hydrogens is 386 g/mol. The predicted molar refractivity (Wildman–Crippen MR) is 113 cm³/mol. The number of ether oxygens (including phenoxy) is 1. The van der Waals surface area contributed by atoms with Gasteiger partial charge in [-0.15, -0.1) is 0 Å². The summed E-state index contributed by atoms with van der Waals surface area (Å²) in [6, 6.07) is 1.77. The number of rotatable bonds is 6. The molecular formula is C22H35N3O5. The van der Waals surface area contributed by atoms with Gasteiger partial charge in [-0.1, -0.05) is 19.0 Å². The van der Waals surface area contributed by atoms with Gasteiger partial charge in [-0.05, 0) is 57.8 Å². The van der Waals surface area contributed by atoms with Crippen LogP contribution in [0.15, 0.2) is 10.6 Å². The summed E-state index contributed by atoms with van der Waals surface area (Å²) in [5, 5.41) is 13.5. The van der Waals surface area contributed by atoms with Crippen LogP contribution in [-0.2, 0) is 9.53 Å². The molecule has 2 aliphatic rings. The van der Waals surface area contributed by atoms with E-state index in [0.717, 1.165) is 51.3 Å². The molecule has 0 radical (unpaired) electrons. The van der Waals surface area contributed by atoms with Gasteiger partial charge in [0.25, 0.3) is 0 Å². The quantitative estimate of drug-likeness (QED) is 0.742. The molecule has 0 saturated carbocycles. The highest BCUT2D eigenvalue weighted by Gasteiger charge is 2.35. The fraction of sp³-hybridized carbons (Fsp3) is 0.773. The molecule has 8 heteroatoms. The lowest BCUT2D eigenvalue weighted by atomic mass is 9.83. The third-order valence-electron chi connectivity index (χ3n) is 5.97. The first-order valence-electron chi connectivity index (χ1n) is 11.0. The highest BCUT2D eigenvalue weighted by atomic mass is 16.6. The molecule has 1 N–H and O–H groups in total. The normalized spacial score (nSPS) is 19.7. The lowest BCUT2D eigenvalue weighted by Crippen LogP contribution is -2.48. The topological polar surface area (TPSA) is 96.1 Å². The van der Waals surface area contributed by atoms with Crippen molar-refractivity contribution in [1.82, 2.24) is 10.1 Å². The third-order valence-corrected chi connectivity index (χ3v) is 5.97. The van der Waals surface area contributed by atoms with E-state index in [1.165, 1.54) is 0 Å². The van der Waals surface area contributed by atoms with Gasteiger partial charge in [0.1, 0.15) is 11.5 Å². The number of carboxylic acids is 1. The van der Waals surface area contributed by atoms with Gasteiger partial charge in [0.15, 0.2) is 11.6 Å². The zero-order valence-electron chi connectivity index (χ0n) is 18.8. The Hall–Kier alpha value is -2.25. The smallest absolute Gasteiger partial charge is 0.410 e. The van der Waals surface area contributed by atoms with Crippen molar-refractivity contribution in [3.63, 3.8) is 0 Å². The molecule has 168 valence electrons. The maximum atomic E-state index is 12.2. The van der Waals surface area contributed by atoms with Crippen molar-refractivity contribution in [3.8, 4) is 0 Å². The molecule has 3 heterocycles. The monoisotopic (exact) mass is 421 g/mol. The summed E-state index contributed by atoms with van der Waals surface area (Å²) in [6.07, 6.45) is 2.96. The number of nitrogens with zero attached hydrogens (tertiary/aromatic N) is 3. The van der Waals surface area contributed by atoms with Gasteiger partial charge in [0.05, 0.1) is 0 Å². The average Bonchev–Trinajstić information content (AvgIpc) is 3.04. The number of hydrogen-bond acceptors (Lipinski definition) is 6. The number of aliphatic carboxylic acids is 1. The van der Waals surface area contributed by atoms with Gasteiger partial charge >= 0.3 is 12.1 Å². The number of anilines is 1. The lowest BCUT2D eigenvalue weighted by Gasteiger charge is -2.42. The second kappa shape index (κ2) is 8.86. The second-order valence-corrected chi connectivity index (χ2v) is 10.1. The molecule has 1 aromatic heterocycles. The first kappa shape index (κ1) is 22.4. The fourth-order valence-corrected chi connectivity index (χ4v) is 4.37. The van der Waals surface area contributed by atoms with E-state index in [1.807, 2.05) is 39.5 Å². The number of carbonyl (C=O) groups is 2. The number of amides is 1. The van der Waals surface area contributed by atoms with Crippen LogP contribution < -0.4 is 4.90 Å². The van der Waals surface area contributed by atoms with Gasteiger partial charge < -0.3 is 24.2 Å². The van der Waals surface area contributed by atoms with Crippen LogP contribution in [0.1, 0.15) is 65.6 Å². The Labute approximate surface area is 178 Å². The Morgan fingerprint density at radius 3 is 2.40 bits per heavy atom. The third kappa shape index (κ3) is 5.46. The molecule has 8 nitrogen and oxygen atoms in total. The Morgan fingerprint density at radius 2 is 1.87 bits per heavy atom. The highest BCUT2D eigenvalue weighted by molar-refractivity contribution is 5.75. The van der Waals surface area contributed by atoms with Crippen molar-refractivity contribution in [2.75, 3.05) is 31.1 Å². The summed E-state index contributed by atoms with van der Waals surface area (Å²) in [7, 11) is 0. The maximum absolute atomic E-state index is 12.2. The van der Waals surface area contributed by atoms with Gasteiger partial charge in [0, 0.05) is 32.2 Å². The number of likely N-dealkylation sites (tertiary alicyclic amines) is 1. The summed E-state index contributed by atoms with van der Waals surface area (Å²) in [4.78, 5) is 27.6. The molecule has 0 aromatic carbocycles. The molecule has 2 fully saturated rings. The fourth-order valence-electron chi connectivity index (χ4n) is 4.37. The molecule has 30 heavy (non-hydrogen) atoms. The lowest BCUT2D eigenvalue weighted by molar-refractivity contribution is -0.140. The van der Waals surface area contributed by atoms with Crippen molar-refractivity contribution in [2.45, 2.75) is 65.4 Å². The highest BCUT2D eigenvalue weighted by Crippen LogP contribution is 2.34. The minimum Gasteiger partial charge on any atom is -0.481 e. The standard InChI is InChI=1S/C22H35N3O5/c1-14(2)19(20(26)27)17-11-18(23-30-17)25-12-16(13-25)10-15-6-8-24(9-7-15)21(28)29-22(3,4)5/h11,14-16,19H,6-10,12-13H2,1-5H3,(H,26,27). The molecule has 2 aliphatic heterocycles. The number of hydrogen-bond donors (Lipinski definition) is 1. The zero-order chi connectivity index (χ0) is 22.1. The Kier molecular flexibility index (Phi) is 6.62. The van der Waals surface area contributed by atoms with Gasteiger partial charge in [0.2, 0.25) is 0 Å². The van der Waals surface area contributed by atoms with E-state index < -0.39 is 17.5 Å². The summed E-state index contributed by atoms with van der Waals surface area (Å²) >= 11 is 0. The Morgan fingerprint density at radius 1 is 1.23 bits per heavy atom. The van der Waals surface area contributed by atoms with Crippen LogP contribution in [0.25, 0.3) is 0 Å². The summed E-state index contributed by atoms with van der Waals surface area (Å²) in [5.74, 6) is 0.771. The first-order valence-corrected chi connectivity index (χ1v) is 11.0. The van der Waals surface area contributed by atoms with E-state index in [-0.39, 0.29) is 12.0 Å². The SMILES string of the molecule is CC(C)C(C(=O)O)c1cc(N2CC(CC3CCN(C(=O)OC(C)(C)C)CC3)C2)no1. The zero-order valence-corrected chi connectivity index (χ0v) is 18.8. The van der Waals surface area contributed by atoms with Crippen LogP contribution in [0, 0.1) is 17.8 Å². The van der Waals surface area contributed by atoms with Gasteiger partial charge in [-0.3, -0.25) is 4.79 Å². The van der Waals surface area contributed by atoms with E-state index in [2.05, 4.69) is 10.1 Å². The first-order chi connectivity index (χ1) is 14.0. The Balaban J connectivity index is 1.42. The van der Waals surface area contributed by atoms with Gasteiger partial charge in [-0.25, -0.2) is 4.79 Å². The van der Waals surface area contributed by atoms with Crippen molar-refractivity contribution in [1.29, 1.82) is 0 Å². The molecule has 2 saturated heterocycles. The van der Waals surface area contributed by atoms with Crippen LogP contribution >= 0.6 is 0 Å². The van der Waals surface area contributed by atoms with Crippen molar-refractivity contribution >= 4 is 17.9 Å². The molecule has 0 bridgehead atoms. The maximum Gasteiger partial charge on any atom is 0.410 e. The van der Waals surface area contributed by atoms with Crippen molar-refractivity contribution < 1.29 is 24.0 Å². The van der Waals surface area contributed by atoms with Crippen LogP contribution in [0.3, 0.4) is 0 Å². The van der Waals surface area contributed by atoms with Crippen molar-refractivity contribution in [3.05, 3.63) is 11.8 Å². The number of piperidine rings is 1. The largest absolute Gasteiger partial charge is 0.481 e. The number of carbonyl (C=O) groups excluding carboxylic acids is 1. The summed E-state index contributed by atoms with van der Waals surface area (Å²) < 4.78 is 10.8. The minimum atomic E-state index is -0.882. The molecule has 1 atom stereocenters. The average molecular weight is 422 g/mol. The number of aromatic nitrogens is 1. The summed E-state index contributed by atoms with van der Waals surface area (Å²) in [6.45, 7) is 12.8. The van der Waals surface area contributed by atoms with Crippen LogP contribution in [-0.4, -0.2) is 59.0 Å². The molecule has 3 rings (SSSR count). The molecule has 0 aliphatic carbocycles. The predicted octanol–water partition coefficient (Wildman–Crippen LogP) is 3.97. The van der Waals surface area contributed by atoms with Gasteiger partial charge in [-0.2, -0.15) is 0 Å². The molecule has 1 unspecified atom stereocenters. The summed E-state index contributed by atoms with van der Waals surface area (Å²) in [5.41, 5.74) is -0.454. The van der Waals surface area contributed by atoms with E-state index in [4.69, 9.17) is 9.26 Å². The minimum absolute atomic E-state index is 0.0565. The second-order valence-electron chi connectivity index (χ2n) is 10.1. The molecule has 1 amide bonds. The van der Waals surface area contributed by atoms with E-state index >= 15 is 0 Å². The van der Waals surface area contributed by atoms with E-state index in [1.54, 1.807) is 6.07 Å². The van der Waals surface area contributed by atoms with E-state index in [0.29, 0.717) is 17.6 Å². The number of carboxylic acid groups (broad SMARTS) is 1.